The summed E-state index contributed by atoms with van der Waals surface area (Å²) in [7, 11) is 0. The monoisotopic (exact) mass is 290 g/mol. The fraction of sp³-hybridized carbons (Fsp3) is 0.0769. The van der Waals surface area contributed by atoms with Gasteiger partial charge in [-0.3, -0.25) is 14.9 Å². The van der Waals surface area contributed by atoms with Gasteiger partial charge < -0.3 is 5.11 Å². The van der Waals surface area contributed by atoms with E-state index in [1.54, 1.807) is 6.07 Å². The van der Waals surface area contributed by atoms with Crippen LogP contribution in [-0.4, -0.2) is 27.8 Å². The van der Waals surface area contributed by atoms with Crippen LogP contribution in [0.4, 0.5) is 5.13 Å². The lowest BCUT2D eigenvalue weighted by molar-refractivity contribution is 0.0692. The first-order valence-corrected chi connectivity index (χ1v) is 6.47. The van der Waals surface area contributed by atoms with Crippen LogP contribution in [0.15, 0.2) is 29.6 Å². The Balaban J connectivity index is 2.24. The van der Waals surface area contributed by atoms with Crippen LogP contribution in [0, 0.1) is 0 Å². The van der Waals surface area contributed by atoms with Gasteiger partial charge in [-0.05, 0) is 12.1 Å². The van der Waals surface area contributed by atoms with E-state index in [9.17, 15) is 14.4 Å². The van der Waals surface area contributed by atoms with E-state index in [0.29, 0.717) is 0 Å². The number of amides is 1. The molecule has 7 heteroatoms. The van der Waals surface area contributed by atoms with Crippen molar-refractivity contribution in [1.29, 1.82) is 0 Å². The Morgan fingerprint density at radius 3 is 2.40 bits per heavy atom. The summed E-state index contributed by atoms with van der Waals surface area (Å²) in [6.45, 7) is 1.38. The number of nitrogens with zero attached hydrogens (tertiary/aromatic N) is 1. The van der Waals surface area contributed by atoms with Crippen molar-refractivity contribution in [2.24, 2.45) is 0 Å². The summed E-state index contributed by atoms with van der Waals surface area (Å²) < 4.78 is 0. The van der Waals surface area contributed by atoms with E-state index < -0.39 is 11.9 Å². The molecule has 2 rings (SSSR count). The highest BCUT2D eigenvalue weighted by Gasteiger charge is 2.17. The number of hydrogen-bond acceptors (Lipinski definition) is 5. The van der Waals surface area contributed by atoms with E-state index in [4.69, 9.17) is 5.11 Å². The quantitative estimate of drug-likeness (QED) is 0.842. The van der Waals surface area contributed by atoms with Crippen molar-refractivity contribution in [2.75, 3.05) is 5.32 Å². The Morgan fingerprint density at radius 2 is 1.85 bits per heavy atom. The number of thiazole rings is 1. The highest BCUT2D eigenvalue weighted by Crippen LogP contribution is 2.18. The molecule has 2 N–H and O–H groups in total. The molecular weight excluding hydrogens is 280 g/mol. The summed E-state index contributed by atoms with van der Waals surface area (Å²) in [6.07, 6.45) is 0. The SMILES string of the molecule is CC(=O)c1csc(NC(=O)c2ccccc2C(=O)O)n1. The minimum Gasteiger partial charge on any atom is -0.478 e. The van der Waals surface area contributed by atoms with Gasteiger partial charge in [0.25, 0.3) is 5.91 Å². The summed E-state index contributed by atoms with van der Waals surface area (Å²) in [5.41, 5.74) is 0.213. The number of anilines is 1. The van der Waals surface area contributed by atoms with Gasteiger partial charge in [-0.1, -0.05) is 12.1 Å². The number of carbonyl (C=O) groups excluding carboxylic acids is 2. The largest absolute Gasteiger partial charge is 0.478 e. The average molecular weight is 290 g/mol. The molecule has 0 bridgehead atoms. The summed E-state index contributed by atoms with van der Waals surface area (Å²) in [5, 5.41) is 13.3. The first-order chi connectivity index (χ1) is 9.49. The van der Waals surface area contributed by atoms with Gasteiger partial charge in [0.2, 0.25) is 0 Å². The van der Waals surface area contributed by atoms with E-state index in [1.807, 2.05) is 0 Å². The van der Waals surface area contributed by atoms with Gasteiger partial charge in [0.05, 0.1) is 11.1 Å². The number of carboxylic acid groups (broad SMARTS) is 1. The first-order valence-electron chi connectivity index (χ1n) is 5.59. The molecule has 0 saturated carbocycles. The molecule has 0 fully saturated rings. The lowest BCUT2D eigenvalue weighted by Gasteiger charge is -2.04. The Morgan fingerprint density at radius 1 is 1.20 bits per heavy atom. The fourth-order valence-electron chi connectivity index (χ4n) is 1.52. The molecule has 0 aliphatic rings. The van der Waals surface area contributed by atoms with Gasteiger partial charge in [-0.15, -0.1) is 11.3 Å². The zero-order chi connectivity index (χ0) is 14.7. The highest BCUT2D eigenvalue weighted by atomic mass is 32.1. The van der Waals surface area contributed by atoms with E-state index >= 15 is 0 Å². The minimum absolute atomic E-state index is 0.0413. The highest BCUT2D eigenvalue weighted by molar-refractivity contribution is 7.14. The smallest absolute Gasteiger partial charge is 0.336 e. The predicted molar refractivity (Wildman–Crippen MR) is 73.5 cm³/mol. The van der Waals surface area contributed by atoms with Crippen LogP contribution in [0.5, 0.6) is 0 Å². The number of carboxylic acids is 1. The van der Waals surface area contributed by atoms with Crippen LogP contribution in [-0.2, 0) is 0 Å². The van der Waals surface area contributed by atoms with Crippen molar-refractivity contribution in [2.45, 2.75) is 6.92 Å². The number of ketones is 1. The standard InChI is InChI=1S/C13H10N2O4S/c1-7(16)10-6-20-13(14-10)15-11(17)8-4-2-3-5-9(8)12(18)19/h2-6H,1H3,(H,18,19)(H,14,15,17). The number of carbonyl (C=O) groups is 3. The summed E-state index contributed by atoms with van der Waals surface area (Å²) in [4.78, 5) is 38.1. The molecule has 0 atom stereocenters. The van der Waals surface area contributed by atoms with Crippen molar-refractivity contribution in [3.63, 3.8) is 0 Å². The zero-order valence-corrected chi connectivity index (χ0v) is 11.2. The number of hydrogen-bond donors (Lipinski definition) is 2. The molecule has 0 aliphatic carbocycles. The van der Waals surface area contributed by atoms with Crippen molar-refractivity contribution < 1.29 is 19.5 Å². The maximum Gasteiger partial charge on any atom is 0.336 e. The van der Waals surface area contributed by atoms with Gasteiger partial charge >= 0.3 is 5.97 Å². The summed E-state index contributed by atoms with van der Waals surface area (Å²) >= 11 is 1.10. The van der Waals surface area contributed by atoms with E-state index in [2.05, 4.69) is 10.3 Å². The Kier molecular flexibility index (Phi) is 3.90. The lowest BCUT2D eigenvalue weighted by Crippen LogP contribution is -2.16. The van der Waals surface area contributed by atoms with Crippen LogP contribution in [0.1, 0.15) is 38.1 Å². The maximum absolute atomic E-state index is 12.0. The normalized spacial score (nSPS) is 10.1. The van der Waals surface area contributed by atoms with Crippen LogP contribution in [0.2, 0.25) is 0 Å². The molecule has 102 valence electrons. The van der Waals surface area contributed by atoms with Gasteiger partial charge in [0, 0.05) is 12.3 Å². The van der Waals surface area contributed by atoms with Crippen molar-refractivity contribution in [1.82, 2.24) is 4.98 Å². The summed E-state index contributed by atoms with van der Waals surface area (Å²) in [6, 6.07) is 5.88. The van der Waals surface area contributed by atoms with Crippen molar-refractivity contribution in [3.8, 4) is 0 Å². The number of benzene rings is 1. The molecule has 0 saturated heterocycles. The minimum atomic E-state index is -1.18. The molecule has 1 aromatic carbocycles. The fourth-order valence-corrected chi connectivity index (χ4v) is 2.27. The van der Waals surface area contributed by atoms with Crippen molar-refractivity contribution >= 4 is 34.1 Å². The van der Waals surface area contributed by atoms with Gasteiger partial charge in [-0.2, -0.15) is 0 Å². The van der Waals surface area contributed by atoms with E-state index in [0.717, 1.165) is 11.3 Å². The number of aromatic nitrogens is 1. The summed E-state index contributed by atoms with van der Waals surface area (Å²) in [5.74, 6) is -1.96. The third-order valence-corrected chi connectivity index (χ3v) is 3.25. The molecule has 1 aromatic heterocycles. The third kappa shape index (κ3) is 2.89. The van der Waals surface area contributed by atoms with Gasteiger partial charge in [-0.25, -0.2) is 9.78 Å². The molecule has 2 aromatic rings. The number of Topliss-reactive ketones (excluding diaryl/α,β-unsaturated/α-hetero) is 1. The molecule has 1 amide bonds. The average Bonchev–Trinajstić information content (AvgIpc) is 2.87. The molecular formula is C13H10N2O4S. The van der Waals surface area contributed by atoms with Crippen molar-refractivity contribution in [3.05, 3.63) is 46.5 Å². The third-order valence-electron chi connectivity index (χ3n) is 2.49. The van der Waals surface area contributed by atoms with E-state index in [-0.39, 0.29) is 27.7 Å². The second kappa shape index (κ2) is 5.62. The molecule has 0 spiro atoms. The van der Waals surface area contributed by atoms with Crippen LogP contribution in [0.3, 0.4) is 0 Å². The van der Waals surface area contributed by atoms with Crippen LogP contribution < -0.4 is 5.32 Å². The van der Waals surface area contributed by atoms with E-state index in [1.165, 1.54) is 30.5 Å². The lowest BCUT2D eigenvalue weighted by atomic mass is 10.1. The Labute approximate surface area is 118 Å². The van der Waals surface area contributed by atoms with Gasteiger partial charge in [0.1, 0.15) is 5.69 Å². The molecule has 6 nitrogen and oxygen atoms in total. The second-order valence-corrected chi connectivity index (χ2v) is 4.76. The number of aromatic carboxylic acids is 1. The second-order valence-electron chi connectivity index (χ2n) is 3.90. The molecule has 1 heterocycles. The predicted octanol–water partition coefficient (Wildman–Crippen LogP) is 2.30. The van der Waals surface area contributed by atoms with Crippen LogP contribution >= 0.6 is 11.3 Å². The van der Waals surface area contributed by atoms with Crippen LogP contribution in [0.25, 0.3) is 0 Å². The zero-order valence-electron chi connectivity index (χ0n) is 10.4. The Hall–Kier alpha value is -2.54. The number of rotatable bonds is 4. The topological polar surface area (TPSA) is 96.4 Å². The molecule has 0 radical (unpaired) electrons. The molecule has 20 heavy (non-hydrogen) atoms. The Bertz CT molecular complexity index is 693. The molecule has 0 unspecified atom stereocenters. The number of nitrogens with one attached hydrogen (secondary N) is 1. The van der Waals surface area contributed by atoms with Gasteiger partial charge in [0.15, 0.2) is 10.9 Å². The first kappa shape index (κ1) is 13.9. The maximum atomic E-state index is 12.0. The molecule has 0 aliphatic heterocycles.